The average molecular weight is 350 g/mol. The molecule has 0 spiro atoms. The Morgan fingerprint density at radius 2 is 2.04 bits per heavy atom. The lowest BCUT2D eigenvalue weighted by Crippen LogP contribution is -2.24. The fourth-order valence-electron chi connectivity index (χ4n) is 3.23. The Morgan fingerprint density at radius 1 is 1.16 bits per heavy atom. The first-order valence-corrected chi connectivity index (χ1v) is 9.64. The fourth-order valence-corrected chi connectivity index (χ4v) is 4.17. The standard InChI is InChI=1S/C21H22N2OS/c1-16-7-5-10-18(13-16)22-21-23(14-19-11-6-12-24-19)20(15-25-21)17-8-3-2-4-9-17/h2-5,7-10,13,15,19H,6,11-12,14H2,1H3/t19-/m0/s1. The summed E-state index contributed by atoms with van der Waals surface area (Å²) >= 11 is 1.70. The molecule has 128 valence electrons. The highest BCUT2D eigenvalue weighted by Gasteiger charge is 2.18. The van der Waals surface area contributed by atoms with Crippen LogP contribution in [0.25, 0.3) is 11.3 Å². The van der Waals surface area contributed by atoms with Gasteiger partial charge in [-0.2, -0.15) is 0 Å². The number of ether oxygens (including phenoxy) is 1. The van der Waals surface area contributed by atoms with Crippen molar-refractivity contribution in [3.8, 4) is 11.3 Å². The Hall–Kier alpha value is -2.17. The molecule has 0 N–H and O–H groups in total. The quantitative estimate of drug-likeness (QED) is 0.655. The minimum absolute atomic E-state index is 0.286. The maximum atomic E-state index is 5.88. The average Bonchev–Trinajstić information content (AvgIpc) is 3.27. The van der Waals surface area contributed by atoms with Gasteiger partial charge >= 0.3 is 0 Å². The van der Waals surface area contributed by atoms with Crippen molar-refractivity contribution < 1.29 is 4.74 Å². The van der Waals surface area contributed by atoms with E-state index in [1.807, 2.05) is 0 Å². The SMILES string of the molecule is Cc1cccc(N=c2scc(-c3ccccc3)n2C[C@@H]2CCCO2)c1. The number of aromatic nitrogens is 1. The Morgan fingerprint density at radius 3 is 2.80 bits per heavy atom. The first-order valence-electron chi connectivity index (χ1n) is 8.76. The lowest BCUT2D eigenvalue weighted by Gasteiger charge is -2.14. The minimum Gasteiger partial charge on any atom is -0.376 e. The van der Waals surface area contributed by atoms with Crippen LogP contribution in [-0.4, -0.2) is 17.3 Å². The van der Waals surface area contributed by atoms with Crippen molar-refractivity contribution in [2.24, 2.45) is 4.99 Å². The molecule has 0 aliphatic carbocycles. The van der Waals surface area contributed by atoms with E-state index in [1.165, 1.54) is 16.8 Å². The molecule has 1 atom stereocenters. The highest BCUT2D eigenvalue weighted by Crippen LogP contribution is 2.23. The van der Waals surface area contributed by atoms with Gasteiger partial charge in [0.1, 0.15) is 0 Å². The summed E-state index contributed by atoms with van der Waals surface area (Å²) in [5.41, 5.74) is 4.67. The van der Waals surface area contributed by atoms with Crippen LogP contribution in [0.4, 0.5) is 5.69 Å². The maximum Gasteiger partial charge on any atom is 0.190 e. The van der Waals surface area contributed by atoms with Gasteiger partial charge in [0.15, 0.2) is 4.80 Å². The van der Waals surface area contributed by atoms with Gasteiger partial charge in [0.25, 0.3) is 0 Å². The first kappa shape index (κ1) is 16.3. The number of benzene rings is 2. The van der Waals surface area contributed by atoms with Crippen LogP contribution in [0.15, 0.2) is 65.0 Å². The third-order valence-electron chi connectivity index (χ3n) is 4.50. The van der Waals surface area contributed by atoms with E-state index in [0.29, 0.717) is 0 Å². The van der Waals surface area contributed by atoms with Crippen LogP contribution < -0.4 is 4.80 Å². The Kier molecular flexibility index (Phi) is 4.81. The molecule has 0 amide bonds. The van der Waals surface area contributed by atoms with E-state index in [2.05, 4.69) is 71.5 Å². The minimum atomic E-state index is 0.286. The molecule has 2 aromatic carbocycles. The molecule has 0 saturated carbocycles. The molecule has 1 fully saturated rings. The van der Waals surface area contributed by atoms with E-state index in [1.54, 1.807) is 11.3 Å². The van der Waals surface area contributed by atoms with E-state index in [-0.39, 0.29) is 6.10 Å². The molecule has 3 nitrogen and oxygen atoms in total. The van der Waals surface area contributed by atoms with Gasteiger partial charge in [-0.3, -0.25) is 0 Å². The maximum absolute atomic E-state index is 5.88. The number of hydrogen-bond acceptors (Lipinski definition) is 3. The topological polar surface area (TPSA) is 26.5 Å². The molecule has 1 aromatic heterocycles. The van der Waals surface area contributed by atoms with Gasteiger partial charge in [-0.1, -0.05) is 42.5 Å². The van der Waals surface area contributed by atoms with Crippen molar-refractivity contribution in [1.82, 2.24) is 4.57 Å². The fraction of sp³-hybridized carbons (Fsp3) is 0.286. The van der Waals surface area contributed by atoms with Crippen molar-refractivity contribution in [3.63, 3.8) is 0 Å². The predicted molar refractivity (Wildman–Crippen MR) is 103 cm³/mol. The van der Waals surface area contributed by atoms with E-state index < -0.39 is 0 Å². The van der Waals surface area contributed by atoms with Crippen molar-refractivity contribution in [3.05, 3.63) is 70.3 Å². The number of rotatable bonds is 4. The van der Waals surface area contributed by atoms with Crippen LogP contribution in [-0.2, 0) is 11.3 Å². The van der Waals surface area contributed by atoms with Crippen LogP contribution in [0.2, 0.25) is 0 Å². The van der Waals surface area contributed by atoms with Gasteiger partial charge in [-0.05, 0) is 43.0 Å². The van der Waals surface area contributed by atoms with Crippen molar-refractivity contribution >= 4 is 17.0 Å². The van der Waals surface area contributed by atoms with Crippen molar-refractivity contribution in [2.75, 3.05) is 6.61 Å². The molecular weight excluding hydrogens is 328 g/mol. The molecule has 1 saturated heterocycles. The van der Waals surface area contributed by atoms with Gasteiger partial charge in [0.2, 0.25) is 0 Å². The zero-order chi connectivity index (χ0) is 17.1. The highest BCUT2D eigenvalue weighted by atomic mass is 32.1. The monoisotopic (exact) mass is 350 g/mol. The molecule has 25 heavy (non-hydrogen) atoms. The van der Waals surface area contributed by atoms with Crippen LogP contribution in [0, 0.1) is 6.92 Å². The molecule has 4 rings (SSSR count). The second kappa shape index (κ2) is 7.38. The number of thiazole rings is 1. The van der Waals surface area contributed by atoms with Gasteiger partial charge in [-0.15, -0.1) is 11.3 Å². The Labute approximate surface area is 152 Å². The van der Waals surface area contributed by atoms with Crippen LogP contribution in [0.3, 0.4) is 0 Å². The van der Waals surface area contributed by atoms with E-state index in [4.69, 9.17) is 9.73 Å². The molecule has 0 unspecified atom stereocenters. The first-order chi connectivity index (χ1) is 12.3. The van der Waals surface area contributed by atoms with Gasteiger partial charge in [0, 0.05) is 12.0 Å². The summed E-state index contributed by atoms with van der Waals surface area (Å²) in [5.74, 6) is 0. The third-order valence-corrected chi connectivity index (χ3v) is 5.37. The zero-order valence-corrected chi connectivity index (χ0v) is 15.2. The summed E-state index contributed by atoms with van der Waals surface area (Å²) in [4.78, 5) is 5.94. The van der Waals surface area contributed by atoms with E-state index >= 15 is 0 Å². The normalized spacial score (nSPS) is 18.0. The van der Waals surface area contributed by atoms with Crippen LogP contribution in [0.1, 0.15) is 18.4 Å². The summed E-state index contributed by atoms with van der Waals surface area (Å²) in [5, 5.41) is 2.21. The predicted octanol–water partition coefficient (Wildman–Crippen LogP) is 4.94. The van der Waals surface area contributed by atoms with Crippen LogP contribution >= 0.6 is 11.3 Å². The Bertz CT molecular complexity index is 905. The molecule has 0 radical (unpaired) electrons. The second-order valence-electron chi connectivity index (χ2n) is 6.47. The number of aryl methyl sites for hydroxylation is 1. The molecule has 1 aliphatic rings. The molecule has 0 bridgehead atoms. The highest BCUT2D eigenvalue weighted by molar-refractivity contribution is 7.07. The summed E-state index contributed by atoms with van der Waals surface area (Å²) in [6.07, 6.45) is 2.56. The van der Waals surface area contributed by atoms with Gasteiger partial charge in [-0.25, -0.2) is 4.99 Å². The molecule has 3 aromatic rings. The number of hydrogen-bond donors (Lipinski definition) is 0. The Balaban J connectivity index is 1.79. The second-order valence-corrected chi connectivity index (χ2v) is 7.30. The van der Waals surface area contributed by atoms with Gasteiger partial charge < -0.3 is 9.30 Å². The summed E-state index contributed by atoms with van der Waals surface area (Å²) in [7, 11) is 0. The van der Waals surface area contributed by atoms with Crippen molar-refractivity contribution in [2.45, 2.75) is 32.4 Å². The van der Waals surface area contributed by atoms with Crippen LogP contribution in [0.5, 0.6) is 0 Å². The smallest absolute Gasteiger partial charge is 0.190 e. The lowest BCUT2D eigenvalue weighted by molar-refractivity contribution is 0.0968. The molecular formula is C21H22N2OS. The molecule has 2 heterocycles. The van der Waals surface area contributed by atoms with Gasteiger partial charge in [0.05, 0.1) is 24.0 Å². The molecule has 4 heteroatoms. The summed E-state index contributed by atoms with van der Waals surface area (Å²) < 4.78 is 8.20. The lowest BCUT2D eigenvalue weighted by atomic mass is 10.1. The third kappa shape index (κ3) is 3.75. The van der Waals surface area contributed by atoms with E-state index in [0.717, 1.165) is 36.5 Å². The zero-order valence-electron chi connectivity index (χ0n) is 14.4. The summed E-state index contributed by atoms with van der Waals surface area (Å²) in [6.45, 7) is 3.84. The molecule has 1 aliphatic heterocycles. The number of nitrogens with zero attached hydrogens (tertiary/aromatic N) is 2. The largest absolute Gasteiger partial charge is 0.376 e. The van der Waals surface area contributed by atoms with Crippen molar-refractivity contribution in [1.29, 1.82) is 0 Å². The summed E-state index contributed by atoms with van der Waals surface area (Å²) in [6, 6.07) is 18.9. The van der Waals surface area contributed by atoms with E-state index in [9.17, 15) is 0 Å².